The van der Waals surface area contributed by atoms with E-state index in [9.17, 15) is 8.42 Å². The monoisotopic (exact) mass is 354 g/mol. The van der Waals surface area contributed by atoms with Gasteiger partial charge in [0.05, 0.1) is 10.6 Å². The Morgan fingerprint density at radius 1 is 1.10 bits per heavy atom. The Morgan fingerprint density at radius 2 is 1.80 bits per heavy atom. The van der Waals surface area contributed by atoms with Crippen molar-refractivity contribution in [3.05, 3.63) is 51.6 Å². The SMILES string of the molecule is Cc1ccc(C)c(S(=O)(=O)Nc2ccc(Br)c(C)n2)c1. The molecule has 4 nitrogen and oxygen atoms in total. The maximum absolute atomic E-state index is 12.4. The number of nitrogens with one attached hydrogen (secondary N) is 1. The van der Waals surface area contributed by atoms with E-state index in [1.165, 1.54) is 0 Å². The van der Waals surface area contributed by atoms with Crippen LogP contribution in [0.3, 0.4) is 0 Å². The molecule has 0 aliphatic rings. The van der Waals surface area contributed by atoms with Crippen molar-refractivity contribution in [2.75, 3.05) is 4.72 Å². The number of aryl methyl sites for hydroxylation is 3. The summed E-state index contributed by atoms with van der Waals surface area (Å²) in [6, 6.07) is 8.73. The molecule has 0 amide bonds. The van der Waals surface area contributed by atoms with Crippen LogP contribution in [-0.2, 0) is 10.0 Å². The third-order valence-electron chi connectivity index (χ3n) is 2.89. The van der Waals surface area contributed by atoms with Crippen molar-refractivity contribution in [1.82, 2.24) is 4.98 Å². The molecule has 0 radical (unpaired) electrons. The third kappa shape index (κ3) is 3.19. The molecule has 0 fully saturated rings. The van der Waals surface area contributed by atoms with Crippen molar-refractivity contribution in [2.24, 2.45) is 0 Å². The Balaban J connectivity index is 2.40. The summed E-state index contributed by atoms with van der Waals surface area (Å²) in [5, 5.41) is 0. The van der Waals surface area contributed by atoms with Gasteiger partial charge in [-0.1, -0.05) is 12.1 Å². The molecule has 0 aliphatic heterocycles. The average molecular weight is 355 g/mol. The molecule has 0 saturated carbocycles. The van der Waals surface area contributed by atoms with Crippen LogP contribution in [0.2, 0.25) is 0 Å². The van der Waals surface area contributed by atoms with E-state index in [0.717, 1.165) is 15.7 Å². The fraction of sp³-hybridized carbons (Fsp3) is 0.214. The molecule has 2 rings (SSSR count). The molecule has 106 valence electrons. The van der Waals surface area contributed by atoms with E-state index in [-0.39, 0.29) is 4.90 Å². The molecule has 1 N–H and O–H groups in total. The van der Waals surface area contributed by atoms with Gasteiger partial charge >= 0.3 is 0 Å². The molecule has 1 heterocycles. The molecule has 0 aliphatic carbocycles. The van der Waals surface area contributed by atoms with Crippen LogP contribution in [0.15, 0.2) is 39.7 Å². The maximum atomic E-state index is 12.4. The van der Waals surface area contributed by atoms with Crippen molar-refractivity contribution in [3.8, 4) is 0 Å². The highest BCUT2D eigenvalue weighted by molar-refractivity contribution is 9.10. The molecule has 0 unspecified atom stereocenters. The molecule has 0 saturated heterocycles. The van der Waals surface area contributed by atoms with Crippen LogP contribution in [0.1, 0.15) is 16.8 Å². The van der Waals surface area contributed by atoms with Crippen molar-refractivity contribution in [2.45, 2.75) is 25.7 Å². The molecule has 20 heavy (non-hydrogen) atoms. The summed E-state index contributed by atoms with van der Waals surface area (Å²) in [4.78, 5) is 4.48. The van der Waals surface area contributed by atoms with Crippen LogP contribution in [0, 0.1) is 20.8 Å². The minimum atomic E-state index is -3.62. The summed E-state index contributed by atoms with van der Waals surface area (Å²) in [6.45, 7) is 5.44. The fourth-order valence-corrected chi connectivity index (χ4v) is 3.34. The number of halogens is 1. The largest absolute Gasteiger partial charge is 0.263 e. The Labute approximate surface area is 127 Å². The lowest BCUT2D eigenvalue weighted by molar-refractivity contribution is 0.600. The van der Waals surface area contributed by atoms with Gasteiger partial charge in [0.2, 0.25) is 0 Å². The predicted molar refractivity (Wildman–Crippen MR) is 83.4 cm³/mol. The number of pyridine rings is 1. The first-order valence-electron chi connectivity index (χ1n) is 6.03. The van der Waals surface area contributed by atoms with Gasteiger partial charge in [-0.15, -0.1) is 0 Å². The quantitative estimate of drug-likeness (QED) is 0.916. The number of nitrogens with zero attached hydrogens (tertiary/aromatic N) is 1. The zero-order chi connectivity index (χ0) is 14.9. The summed E-state index contributed by atoms with van der Waals surface area (Å²) >= 11 is 3.34. The maximum Gasteiger partial charge on any atom is 0.263 e. The molecule has 1 aromatic heterocycles. The molecule has 0 spiro atoms. The number of sulfonamides is 1. The number of hydrogen-bond acceptors (Lipinski definition) is 3. The highest BCUT2D eigenvalue weighted by Crippen LogP contribution is 2.21. The number of aromatic nitrogens is 1. The smallest absolute Gasteiger partial charge is 0.263 e. The molecule has 6 heteroatoms. The summed E-state index contributed by atoms with van der Waals surface area (Å²) < 4.78 is 28.2. The topological polar surface area (TPSA) is 59.1 Å². The van der Waals surface area contributed by atoms with Crippen molar-refractivity contribution < 1.29 is 8.42 Å². The average Bonchev–Trinajstić information content (AvgIpc) is 2.36. The summed E-state index contributed by atoms with van der Waals surface area (Å²) in [7, 11) is -3.62. The summed E-state index contributed by atoms with van der Waals surface area (Å²) in [6.07, 6.45) is 0. The molecule has 0 atom stereocenters. The Kier molecular flexibility index (Phi) is 4.15. The van der Waals surface area contributed by atoms with Gasteiger partial charge in [-0.3, -0.25) is 4.72 Å². The van der Waals surface area contributed by atoms with Gasteiger partial charge < -0.3 is 0 Å². The van der Waals surface area contributed by atoms with E-state index in [1.807, 2.05) is 13.0 Å². The molecular weight excluding hydrogens is 340 g/mol. The zero-order valence-electron chi connectivity index (χ0n) is 11.4. The van der Waals surface area contributed by atoms with Crippen LogP contribution in [0.4, 0.5) is 5.82 Å². The van der Waals surface area contributed by atoms with Gasteiger partial charge in [-0.2, -0.15) is 0 Å². The zero-order valence-corrected chi connectivity index (χ0v) is 13.8. The first-order valence-corrected chi connectivity index (χ1v) is 8.30. The number of benzene rings is 1. The molecular formula is C14H15BrN2O2S. The Morgan fingerprint density at radius 3 is 2.45 bits per heavy atom. The summed E-state index contributed by atoms with van der Waals surface area (Å²) in [5.41, 5.74) is 2.33. The highest BCUT2D eigenvalue weighted by atomic mass is 79.9. The summed E-state index contributed by atoms with van der Waals surface area (Å²) in [5.74, 6) is 0.312. The molecule has 1 aromatic carbocycles. The van der Waals surface area contributed by atoms with Gasteiger partial charge in [0.25, 0.3) is 10.0 Å². The van der Waals surface area contributed by atoms with Crippen LogP contribution >= 0.6 is 15.9 Å². The van der Waals surface area contributed by atoms with E-state index in [0.29, 0.717) is 11.4 Å². The minimum absolute atomic E-state index is 0.278. The van der Waals surface area contributed by atoms with E-state index >= 15 is 0 Å². The standard InChI is InChI=1S/C14H15BrN2O2S/c1-9-4-5-10(2)13(8-9)20(18,19)17-14-7-6-12(15)11(3)16-14/h4-8H,1-3H3,(H,16,17). The van der Waals surface area contributed by atoms with Gasteiger partial charge in [0.1, 0.15) is 5.82 Å². The number of anilines is 1. The lowest BCUT2D eigenvalue weighted by Crippen LogP contribution is -2.15. The fourth-order valence-electron chi connectivity index (χ4n) is 1.79. The van der Waals surface area contributed by atoms with Gasteiger partial charge in [-0.05, 0) is 66.0 Å². The second-order valence-corrected chi connectivity index (χ2v) is 7.14. The van der Waals surface area contributed by atoms with Crippen LogP contribution in [0.25, 0.3) is 0 Å². The van der Waals surface area contributed by atoms with Gasteiger partial charge in [-0.25, -0.2) is 13.4 Å². The predicted octanol–water partition coefficient (Wildman–Crippen LogP) is 3.57. The van der Waals surface area contributed by atoms with Crippen molar-refractivity contribution in [1.29, 1.82) is 0 Å². The second kappa shape index (κ2) is 5.54. The van der Waals surface area contributed by atoms with E-state index in [2.05, 4.69) is 25.6 Å². The van der Waals surface area contributed by atoms with Crippen molar-refractivity contribution >= 4 is 31.8 Å². The third-order valence-corrected chi connectivity index (χ3v) is 5.23. The van der Waals surface area contributed by atoms with Crippen LogP contribution in [0.5, 0.6) is 0 Å². The first kappa shape index (κ1) is 15.0. The van der Waals surface area contributed by atoms with Crippen LogP contribution < -0.4 is 4.72 Å². The minimum Gasteiger partial charge on any atom is -0.263 e. The van der Waals surface area contributed by atoms with Gasteiger partial charge in [0, 0.05) is 4.47 Å². The van der Waals surface area contributed by atoms with E-state index in [4.69, 9.17) is 0 Å². The number of rotatable bonds is 3. The van der Waals surface area contributed by atoms with Gasteiger partial charge in [0.15, 0.2) is 0 Å². The lowest BCUT2D eigenvalue weighted by atomic mass is 10.2. The normalized spacial score (nSPS) is 11.4. The van der Waals surface area contributed by atoms with E-state index < -0.39 is 10.0 Å². The van der Waals surface area contributed by atoms with Crippen molar-refractivity contribution in [3.63, 3.8) is 0 Å². The second-order valence-electron chi connectivity index (χ2n) is 4.64. The van der Waals surface area contributed by atoms with E-state index in [1.54, 1.807) is 38.1 Å². The Hall–Kier alpha value is -1.40. The Bertz CT molecular complexity index is 758. The number of hydrogen-bond donors (Lipinski definition) is 1. The first-order chi connectivity index (χ1) is 9.29. The molecule has 0 bridgehead atoms. The lowest BCUT2D eigenvalue weighted by Gasteiger charge is -2.11. The van der Waals surface area contributed by atoms with Crippen LogP contribution in [-0.4, -0.2) is 13.4 Å². The molecule has 2 aromatic rings. The highest BCUT2D eigenvalue weighted by Gasteiger charge is 2.17.